The fraction of sp³-hybridized carbons (Fsp3) is 0.591. The number of allylic oxidation sites excluding steroid dienone is 1. The predicted molar refractivity (Wildman–Crippen MR) is 105 cm³/mol. The van der Waals surface area contributed by atoms with E-state index in [1.54, 1.807) is 32.9 Å². The smallest absolute Gasteiger partial charge is 0.334 e. The van der Waals surface area contributed by atoms with Crippen LogP contribution >= 0.6 is 0 Å². The number of carbonyl (C=O) groups excluding carboxylic acids is 3. The van der Waals surface area contributed by atoms with E-state index < -0.39 is 47.7 Å². The number of rotatable bonds is 4. The molecule has 2 saturated heterocycles. The van der Waals surface area contributed by atoms with Crippen LogP contribution in [-0.2, 0) is 33.3 Å². The number of aliphatic hydroxyl groups is 1. The van der Waals surface area contributed by atoms with Gasteiger partial charge < -0.3 is 24.1 Å². The van der Waals surface area contributed by atoms with Crippen molar-refractivity contribution in [1.29, 1.82) is 0 Å². The monoisotopic (exact) mass is 420 g/mol. The molecule has 0 spiro atoms. The maximum absolute atomic E-state index is 12.6. The molecule has 8 heteroatoms. The molecule has 1 aliphatic carbocycles. The molecule has 2 fully saturated rings. The van der Waals surface area contributed by atoms with Crippen LogP contribution in [0.25, 0.3) is 0 Å². The van der Waals surface area contributed by atoms with E-state index in [0.717, 1.165) is 0 Å². The van der Waals surface area contributed by atoms with E-state index in [1.165, 1.54) is 6.92 Å². The van der Waals surface area contributed by atoms with Gasteiger partial charge in [-0.25, -0.2) is 9.59 Å². The third-order valence-electron chi connectivity index (χ3n) is 6.04. The lowest BCUT2D eigenvalue weighted by Crippen LogP contribution is -2.40. The van der Waals surface area contributed by atoms with Crippen LogP contribution in [0.15, 0.2) is 35.5 Å². The van der Waals surface area contributed by atoms with Crippen molar-refractivity contribution in [3.8, 4) is 0 Å². The minimum atomic E-state index is -0.921. The highest BCUT2D eigenvalue weighted by atomic mass is 16.6. The molecule has 6 atom stereocenters. The van der Waals surface area contributed by atoms with Crippen molar-refractivity contribution < 1.29 is 38.4 Å². The van der Waals surface area contributed by atoms with Crippen molar-refractivity contribution >= 4 is 17.9 Å². The van der Waals surface area contributed by atoms with Crippen molar-refractivity contribution in [2.24, 2.45) is 5.92 Å². The zero-order chi connectivity index (χ0) is 22.2. The van der Waals surface area contributed by atoms with Gasteiger partial charge in [0, 0.05) is 30.9 Å². The maximum Gasteiger partial charge on any atom is 0.334 e. The van der Waals surface area contributed by atoms with Crippen molar-refractivity contribution in [2.75, 3.05) is 6.61 Å². The number of aliphatic hydroxyl groups excluding tert-OH is 1. The van der Waals surface area contributed by atoms with Crippen LogP contribution in [0.4, 0.5) is 0 Å². The summed E-state index contributed by atoms with van der Waals surface area (Å²) >= 11 is 0. The van der Waals surface area contributed by atoms with Gasteiger partial charge in [0.15, 0.2) is 0 Å². The van der Waals surface area contributed by atoms with Crippen molar-refractivity contribution in [3.63, 3.8) is 0 Å². The van der Waals surface area contributed by atoms with E-state index >= 15 is 0 Å². The number of esters is 3. The van der Waals surface area contributed by atoms with Crippen LogP contribution in [-0.4, -0.2) is 59.6 Å². The first-order valence-corrected chi connectivity index (χ1v) is 9.99. The number of ether oxygens (including phenoxy) is 4. The van der Waals surface area contributed by atoms with Gasteiger partial charge in [0.25, 0.3) is 0 Å². The topological polar surface area (TPSA) is 112 Å². The molecular formula is C22H28O8. The Morgan fingerprint density at radius 3 is 2.73 bits per heavy atom. The molecule has 0 aromatic carbocycles. The molecule has 0 aromatic heterocycles. The summed E-state index contributed by atoms with van der Waals surface area (Å²) in [4.78, 5) is 36.2. The van der Waals surface area contributed by atoms with Crippen LogP contribution in [0, 0.1) is 5.92 Å². The molecule has 3 rings (SSSR count). The van der Waals surface area contributed by atoms with Gasteiger partial charge in [0.05, 0.1) is 18.1 Å². The Morgan fingerprint density at radius 2 is 2.10 bits per heavy atom. The zero-order valence-corrected chi connectivity index (χ0v) is 17.7. The number of hydrogen-bond donors (Lipinski definition) is 1. The summed E-state index contributed by atoms with van der Waals surface area (Å²) < 4.78 is 22.3. The van der Waals surface area contributed by atoms with Crippen LogP contribution < -0.4 is 0 Å². The first-order chi connectivity index (χ1) is 14.1. The van der Waals surface area contributed by atoms with Gasteiger partial charge in [-0.15, -0.1) is 0 Å². The van der Waals surface area contributed by atoms with E-state index in [-0.39, 0.29) is 31.1 Å². The average molecular weight is 420 g/mol. The number of epoxide rings is 1. The fourth-order valence-corrected chi connectivity index (χ4v) is 3.97. The van der Waals surface area contributed by atoms with Gasteiger partial charge in [-0.1, -0.05) is 12.7 Å². The lowest BCUT2D eigenvalue weighted by Gasteiger charge is -2.30. The first kappa shape index (κ1) is 22.2. The maximum atomic E-state index is 12.6. The lowest BCUT2D eigenvalue weighted by molar-refractivity contribution is -0.151. The second-order valence-electron chi connectivity index (χ2n) is 8.15. The second kappa shape index (κ2) is 8.35. The standard InChI is InChI=1S/C22H28O8/c1-6-11(2)20(25)29-17-9-22(10-27-14(5)23)18(30-22)8-15(24)12(3)7-16-19(17)13(4)21(26)28-16/h6-7,15-19,24H,4,8-10H2,1-3,5H3/b11-6-,12-7-/t15-,16+,17?,18-,19-,22-/m0/s1. The lowest BCUT2D eigenvalue weighted by atomic mass is 9.81. The predicted octanol–water partition coefficient (Wildman–Crippen LogP) is 1.76. The molecule has 3 aliphatic rings. The minimum absolute atomic E-state index is 0.0439. The summed E-state index contributed by atoms with van der Waals surface area (Å²) in [6, 6.07) is 0. The molecule has 164 valence electrons. The Bertz CT molecular complexity index is 825. The minimum Gasteiger partial charge on any atom is -0.463 e. The van der Waals surface area contributed by atoms with Crippen molar-refractivity contribution in [1.82, 2.24) is 0 Å². The summed E-state index contributed by atoms with van der Waals surface area (Å²) in [5.74, 6) is -2.21. The summed E-state index contributed by atoms with van der Waals surface area (Å²) in [5.41, 5.74) is 0.301. The fourth-order valence-electron chi connectivity index (χ4n) is 3.97. The molecule has 1 unspecified atom stereocenters. The molecule has 0 bridgehead atoms. The summed E-state index contributed by atoms with van der Waals surface area (Å²) in [6.07, 6.45) is 1.04. The Balaban J connectivity index is 2.00. The number of fused-ring (bicyclic) bond motifs is 2. The van der Waals surface area contributed by atoms with Gasteiger partial charge in [-0.2, -0.15) is 0 Å². The van der Waals surface area contributed by atoms with E-state index in [0.29, 0.717) is 11.1 Å². The summed E-state index contributed by atoms with van der Waals surface area (Å²) in [7, 11) is 0. The van der Waals surface area contributed by atoms with E-state index in [2.05, 4.69) is 6.58 Å². The largest absolute Gasteiger partial charge is 0.463 e. The van der Waals surface area contributed by atoms with Gasteiger partial charge >= 0.3 is 17.9 Å². The molecule has 0 amide bonds. The van der Waals surface area contributed by atoms with E-state index in [4.69, 9.17) is 18.9 Å². The Hall–Kier alpha value is -2.45. The van der Waals surface area contributed by atoms with Crippen molar-refractivity contribution in [2.45, 2.75) is 70.6 Å². The second-order valence-corrected chi connectivity index (χ2v) is 8.15. The van der Waals surface area contributed by atoms with Gasteiger partial charge in [-0.05, 0) is 32.4 Å². The highest BCUT2D eigenvalue weighted by Gasteiger charge is 2.61. The normalized spacial score (nSPS) is 37.8. The van der Waals surface area contributed by atoms with Crippen LogP contribution in [0.5, 0.6) is 0 Å². The molecule has 30 heavy (non-hydrogen) atoms. The van der Waals surface area contributed by atoms with E-state index in [1.807, 2.05) is 0 Å². The number of carbonyl (C=O) groups is 3. The quantitative estimate of drug-likeness (QED) is 0.241. The number of hydrogen-bond acceptors (Lipinski definition) is 8. The Kier molecular flexibility index (Phi) is 6.19. The van der Waals surface area contributed by atoms with Crippen LogP contribution in [0.2, 0.25) is 0 Å². The first-order valence-electron chi connectivity index (χ1n) is 9.99. The third kappa shape index (κ3) is 4.34. The summed E-state index contributed by atoms with van der Waals surface area (Å²) in [6.45, 7) is 10.2. The molecule has 1 N–H and O–H groups in total. The Labute approximate surface area is 175 Å². The SMILES string of the molecule is C=C1C(=O)O[C@@H]2/C=C(/C)[C@@H](O)C[C@@H]3O[C@]3(COC(C)=O)CC(OC(=O)/C(C)=C\C)[C@@H]12. The molecule has 2 aliphatic heterocycles. The van der Waals surface area contributed by atoms with Crippen LogP contribution in [0.1, 0.15) is 40.5 Å². The molecule has 0 saturated carbocycles. The van der Waals surface area contributed by atoms with Crippen LogP contribution in [0.3, 0.4) is 0 Å². The summed E-state index contributed by atoms with van der Waals surface area (Å²) in [5, 5.41) is 10.5. The average Bonchev–Trinajstić information content (AvgIpc) is 3.27. The highest BCUT2D eigenvalue weighted by molar-refractivity contribution is 5.92. The highest BCUT2D eigenvalue weighted by Crippen LogP contribution is 2.48. The zero-order valence-electron chi connectivity index (χ0n) is 17.7. The van der Waals surface area contributed by atoms with Gasteiger partial charge in [0.2, 0.25) is 0 Å². The van der Waals surface area contributed by atoms with E-state index in [9.17, 15) is 19.5 Å². The molecule has 2 heterocycles. The van der Waals surface area contributed by atoms with Crippen molar-refractivity contribution in [3.05, 3.63) is 35.5 Å². The van der Waals surface area contributed by atoms with Gasteiger partial charge in [0.1, 0.15) is 24.4 Å². The molecular weight excluding hydrogens is 392 g/mol. The molecule has 8 nitrogen and oxygen atoms in total. The van der Waals surface area contributed by atoms with Gasteiger partial charge in [-0.3, -0.25) is 4.79 Å². The third-order valence-corrected chi connectivity index (χ3v) is 6.04. The Morgan fingerprint density at radius 1 is 1.40 bits per heavy atom. The molecule has 0 radical (unpaired) electrons. The molecule has 0 aromatic rings.